The molecule has 19 nitrogen and oxygen atoms in total. The van der Waals surface area contributed by atoms with Gasteiger partial charge in [-0.05, 0) is 0 Å². The van der Waals surface area contributed by atoms with E-state index in [0.29, 0.717) is 6.26 Å². The summed E-state index contributed by atoms with van der Waals surface area (Å²) in [5.41, 5.74) is 4.60. The molecule has 4 aliphatic rings. The number of nitrogens with two attached hydrogens (primary N) is 1. The number of ether oxygens (including phenoxy) is 1. The molecule has 1 unspecified atom stereocenters. The predicted octanol–water partition coefficient (Wildman–Crippen LogP) is -0.185. The number of nitrogens with one attached hydrogen (secondary N) is 4. The third-order valence-corrected chi connectivity index (χ3v) is 10.0. The second-order valence-electron chi connectivity index (χ2n) is 9.75. The van der Waals surface area contributed by atoms with E-state index < -0.39 is 85.4 Å². The SMILES string of the molecule is Nc1nc2c(ncn2C2=C3O[PH](O)(S)OCc4oc(N5CN[C@H]6C(=O)NCNC65)c(F)c4O[PH](O)(S)O/C=C(/O2)[C@H]3F)c(=O)[nH]1. The molecule has 8 N–H and O–H groups in total. The second-order valence-corrected chi connectivity index (χ2v) is 16.3. The van der Waals surface area contributed by atoms with E-state index in [9.17, 15) is 19.4 Å². The molecule has 1 amide bonds. The third-order valence-electron chi connectivity index (χ3n) is 6.86. The summed E-state index contributed by atoms with van der Waals surface area (Å²) in [6.45, 7) is -0.700. The van der Waals surface area contributed by atoms with Gasteiger partial charge in [0.1, 0.15) is 0 Å². The fourth-order valence-electron chi connectivity index (χ4n) is 4.91. The first-order chi connectivity index (χ1) is 21.3. The van der Waals surface area contributed by atoms with E-state index >= 15 is 8.78 Å². The maximum absolute atomic E-state index is 15.9. The monoisotopic (exact) mass is 713 g/mol. The maximum atomic E-state index is 15.9. The number of carbonyl (C=O) groups excluding carboxylic acids is 1. The molecule has 3 atom stereocenters. The molecule has 3 aromatic heterocycles. The van der Waals surface area contributed by atoms with Crippen molar-refractivity contribution in [2.45, 2.75) is 25.0 Å². The van der Waals surface area contributed by atoms with Crippen LogP contribution in [-0.2, 0) is 29.7 Å². The van der Waals surface area contributed by atoms with Gasteiger partial charge in [0.15, 0.2) is 0 Å². The van der Waals surface area contributed by atoms with Crippen molar-refractivity contribution >= 4 is 73.6 Å². The number of imidazole rings is 1. The first-order valence-corrected chi connectivity index (χ1v) is 18.8. The van der Waals surface area contributed by atoms with E-state index in [1.807, 2.05) is 0 Å². The molecule has 2 fully saturated rings. The van der Waals surface area contributed by atoms with Crippen LogP contribution in [-0.4, -0.2) is 66.9 Å². The minimum absolute atomic E-state index is 0.0269. The Balaban J connectivity index is 1.27. The molecule has 244 valence electrons. The molecule has 0 aromatic carbocycles. The normalized spacial score (nSPS) is 28.4. The van der Waals surface area contributed by atoms with Gasteiger partial charge in [-0.1, -0.05) is 0 Å². The number of anilines is 2. The molecule has 4 aliphatic heterocycles. The molecule has 0 saturated carbocycles. The number of aromatic nitrogens is 4. The summed E-state index contributed by atoms with van der Waals surface area (Å²) in [5, 5.41) is 8.54. The number of hydrogen-bond donors (Lipinski definition) is 9. The molecular weight excluding hydrogens is 690 g/mol. The van der Waals surface area contributed by atoms with Crippen molar-refractivity contribution in [1.82, 2.24) is 35.5 Å². The number of nitrogens with zero attached hydrogens (tertiary/aromatic N) is 4. The van der Waals surface area contributed by atoms with Crippen molar-refractivity contribution in [1.29, 1.82) is 0 Å². The molecule has 45 heavy (non-hydrogen) atoms. The number of amides is 1. The Labute approximate surface area is 260 Å². The molecule has 2 bridgehead atoms. The molecule has 7 rings (SSSR count). The van der Waals surface area contributed by atoms with Crippen LogP contribution < -0.4 is 36.7 Å². The number of fused-ring (bicyclic) bond motifs is 5. The summed E-state index contributed by atoms with van der Waals surface area (Å²) >= 11 is 8.06. The molecule has 3 aromatic rings. The average Bonchev–Trinajstić information content (AvgIpc) is 3.72. The summed E-state index contributed by atoms with van der Waals surface area (Å²) in [6.07, 6.45) is -1.36. The van der Waals surface area contributed by atoms with Gasteiger partial charge in [0.25, 0.3) is 0 Å². The van der Waals surface area contributed by atoms with E-state index in [-0.39, 0.29) is 36.4 Å². The summed E-state index contributed by atoms with van der Waals surface area (Å²) in [5.74, 6) is -5.08. The number of rotatable bonds is 2. The van der Waals surface area contributed by atoms with Gasteiger partial charge in [0.2, 0.25) is 0 Å². The molecule has 0 aliphatic carbocycles. The van der Waals surface area contributed by atoms with Crippen LogP contribution in [0.15, 0.2) is 33.3 Å². The van der Waals surface area contributed by atoms with Crippen LogP contribution >= 0.6 is 38.8 Å². The van der Waals surface area contributed by atoms with Gasteiger partial charge in [-0.2, -0.15) is 0 Å². The van der Waals surface area contributed by atoms with Gasteiger partial charge < -0.3 is 0 Å². The van der Waals surface area contributed by atoms with Crippen LogP contribution in [0.3, 0.4) is 0 Å². The van der Waals surface area contributed by atoms with Crippen molar-refractivity contribution in [3.8, 4) is 5.75 Å². The van der Waals surface area contributed by atoms with Crippen LogP contribution in [0.25, 0.3) is 17.0 Å². The van der Waals surface area contributed by atoms with Gasteiger partial charge in [-0.25, -0.2) is 0 Å². The average molecular weight is 714 g/mol. The Kier molecular flexibility index (Phi) is 7.30. The Hall–Kier alpha value is -3.40. The topological polar surface area (TPSA) is 246 Å². The Morgan fingerprint density at radius 1 is 1.18 bits per heavy atom. The van der Waals surface area contributed by atoms with Crippen molar-refractivity contribution in [2.24, 2.45) is 0 Å². The van der Waals surface area contributed by atoms with Crippen molar-refractivity contribution in [3.63, 3.8) is 0 Å². The van der Waals surface area contributed by atoms with Gasteiger partial charge in [0, 0.05) is 0 Å². The number of furan rings is 1. The summed E-state index contributed by atoms with van der Waals surface area (Å²) < 4.78 is 65.5. The molecule has 0 radical (unpaired) electrons. The number of halogens is 2. The van der Waals surface area contributed by atoms with E-state index in [1.54, 1.807) is 0 Å². The quantitative estimate of drug-likeness (QED) is 0.123. The zero-order valence-electron chi connectivity index (χ0n) is 22.2. The van der Waals surface area contributed by atoms with Crippen molar-refractivity contribution < 1.29 is 50.6 Å². The van der Waals surface area contributed by atoms with Crippen molar-refractivity contribution in [3.05, 3.63) is 46.0 Å². The second kappa shape index (κ2) is 10.9. The summed E-state index contributed by atoms with van der Waals surface area (Å²) in [6, 6.07) is -0.746. The number of carbonyl (C=O) groups is 1. The van der Waals surface area contributed by atoms with Gasteiger partial charge in [-0.3, -0.25) is 0 Å². The molecule has 7 heterocycles. The standard InChI is InChI=1S/C20H23F2N9O10P2S2/c21-8-6-1-36-42(34,44)40-12-7(39-18(9(12)22)30-4-26-10-14(30)24-3-25-16(10)32)2-37-43(35,45)41-13(8)19(38-6)31-5-27-11-15(31)28-20(23)29-17(11)33/h1,5,8,10,14,24,26,34-35,42-45H,2-4H2,(H,25,32)(H3,23,28,29,33)/b6-1+/t8-,10-,14?/m1/s1. The number of hydrogen-bond acceptors (Lipinski definition) is 18. The number of nitrogen functional groups attached to an aromatic ring is 1. The van der Waals surface area contributed by atoms with E-state index in [1.165, 1.54) is 4.90 Å². The van der Waals surface area contributed by atoms with Crippen molar-refractivity contribution in [2.75, 3.05) is 24.0 Å². The molecule has 2 saturated heterocycles. The van der Waals surface area contributed by atoms with Crippen LogP contribution in [0.2, 0.25) is 0 Å². The third kappa shape index (κ3) is 5.32. The fourth-order valence-corrected chi connectivity index (χ4v) is 7.47. The van der Waals surface area contributed by atoms with E-state index in [4.69, 9.17) is 33.0 Å². The molecule has 0 spiro atoms. The zero-order chi connectivity index (χ0) is 31.8. The molecule has 25 heteroatoms. The number of H-pyrrole nitrogens is 1. The van der Waals surface area contributed by atoms with Crippen LogP contribution in [0.5, 0.6) is 5.75 Å². The van der Waals surface area contributed by atoms with E-state index in [2.05, 4.69) is 55.4 Å². The van der Waals surface area contributed by atoms with Crippen LogP contribution in [0.4, 0.5) is 20.6 Å². The Morgan fingerprint density at radius 2 is 1.98 bits per heavy atom. The first kappa shape index (κ1) is 30.3. The minimum atomic E-state index is -4.71. The number of alkyl halides is 1. The fraction of sp³-hybridized carbons (Fsp3) is 0.300. The van der Waals surface area contributed by atoms with Crippen LogP contribution in [0, 0.1) is 5.82 Å². The summed E-state index contributed by atoms with van der Waals surface area (Å²) in [4.78, 5) is 58.0. The predicted molar refractivity (Wildman–Crippen MR) is 159 cm³/mol. The van der Waals surface area contributed by atoms with Gasteiger partial charge >= 0.3 is 260 Å². The Bertz CT molecular complexity index is 1850. The zero-order valence-corrected chi connectivity index (χ0v) is 26.0. The summed E-state index contributed by atoms with van der Waals surface area (Å²) in [7, 11) is -9.41. The van der Waals surface area contributed by atoms with Gasteiger partial charge in [0.05, 0.1) is 0 Å². The first-order valence-electron chi connectivity index (χ1n) is 12.7. The van der Waals surface area contributed by atoms with Crippen LogP contribution in [0.1, 0.15) is 5.76 Å². The Morgan fingerprint density at radius 3 is 2.78 bits per heavy atom. The molecular formula is C20H23F2N9O10P2S2. The van der Waals surface area contributed by atoms with Gasteiger partial charge in [-0.15, -0.1) is 0 Å². The number of aromatic amines is 1. The van der Waals surface area contributed by atoms with E-state index in [0.717, 1.165) is 10.9 Å². The number of thiol groups is 2.